The normalized spacial score (nSPS) is 21.2. The lowest BCUT2D eigenvalue weighted by Gasteiger charge is -2.28. The van der Waals surface area contributed by atoms with Gasteiger partial charge in [-0.25, -0.2) is 4.39 Å². The molecule has 2 aliphatic heterocycles. The molecule has 3 aromatic rings. The number of nitrogens with one attached hydrogen (secondary N) is 3. The second-order valence-corrected chi connectivity index (χ2v) is 14.8. The predicted octanol–water partition coefficient (Wildman–Crippen LogP) is 5.45. The SMILES string of the molecule is CP(C)(=O)c1ccc(NCC#Cc2cc3c(N[C@@H]4CCNC[C@@H]4F)cccc3n2CC(F)(F)F)c2c1C1(CC1)CO2. The molecule has 6 rings (SSSR count). The van der Waals surface area contributed by atoms with Gasteiger partial charge in [0.05, 0.1) is 36.1 Å². The van der Waals surface area contributed by atoms with Gasteiger partial charge < -0.3 is 29.8 Å². The Kier molecular flexibility index (Phi) is 7.02. The van der Waals surface area contributed by atoms with Crippen molar-refractivity contribution >= 4 is 34.7 Å². The number of fused-ring (bicyclic) bond motifs is 3. The molecule has 3 aliphatic rings. The smallest absolute Gasteiger partial charge is 0.406 e. The van der Waals surface area contributed by atoms with Crippen molar-refractivity contribution < 1.29 is 26.9 Å². The fourth-order valence-electron chi connectivity index (χ4n) is 5.97. The van der Waals surface area contributed by atoms with E-state index in [0.717, 1.165) is 34.0 Å². The van der Waals surface area contributed by atoms with Gasteiger partial charge in [-0.15, -0.1) is 0 Å². The van der Waals surface area contributed by atoms with Crippen molar-refractivity contribution in [1.82, 2.24) is 9.88 Å². The molecule has 2 fully saturated rings. The van der Waals surface area contributed by atoms with Gasteiger partial charge in [-0.05, 0) is 75.4 Å². The average molecular weight is 589 g/mol. The summed E-state index contributed by atoms with van der Waals surface area (Å²) in [6.07, 6.45) is -2.97. The van der Waals surface area contributed by atoms with E-state index in [-0.39, 0.29) is 24.2 Å². The lowest BCUT2D eigenvalue weighted by atomic mass is 9.98. The zero-order chi connectivity index (χ0) is 29.0. The maximum atomic E-state index is 14.5. The first-order valence-corrected chi connectivity index (χ1v) is 16.4. The molecule has 0 unspecified atom stereocenters. The van der Waals surface area contributed by atoms with Crippen molar-refractivity contribution in [1.29, 1.82) is 0 Å². The third-order valence-corrected chi connectivity index (χ3v) is 9.74. The summed E-state index contributed by atoms with van der Waals surface area (Å²) in [5.41, 5.74) is 2.90. The van der Waals surface area contributed by atoms with E-state index in [4.69, 9.17) is 4.74 Å². The summed E-state index contributed by atoms with van der Waals surface area (Å²) in [5, 5.41) is 10.9. The van der Waals surface area contributed by atoms with Crippen molar-refractivity contribution in [3.05, 3.63) is 47.7 Å². The Bertz CT molecular complexity index is 1600. The number of benzene rings is 2. The van der Waals surface area contributed by atoms with Crippen molar-refractivity contribution in [2.45, 2.75) is 49.6 Å². The van der Waals surface area contributed by atoms with Crippen molar-refractivity contribution in [2.24, 2.45) is 0 Å². The second kappa shape index (κ2) is 10.3. The zero-order valence-corrected chi connectivity index (χ0v) is 23.9. The summed E-state index contributed by atoms with van der Waals surface area (Å²) < 4.78 is 75.4. The van der Waals surface area contributed by atoms with Gasteiger partial charge in [0.1, 0.15) is 25.6 Å². The van der Waals surface area contributed by atoms with E-state index in [9.17, 15) is 22.1 Å². The summed E-state index contributed by atoms with van der Waals surface area (Å²) in [4.78, 5) is 0. The maximum Gasteiger partial charge on any atom is 0.406 e. The molecule has 1 aromatic heterocycles. The molecule has 3 N–H and O–H groups in total. The Balaban J connectivity index is 1.28. The molecule has 11 heteroatoms. The minimum absolute atomic E-state index is 0.0592. The van der Waals surface area contributed by atoms with Crippen LogP contribution in [0.4, 0.5) is 28.9 Å². The molecule has 218 valence electrons. The van der Waals surface area contributed by atoms with Gasteiger partial charge in [-0.1, -0.05) is 12.0 Å². The molecular weight excluding hydrogens is 555 g/mol. The van der Waals surface area contributed by atoms with Crippen molar-refractivity contribution in [2.75, 3.05) is 50.2 Å². The molecule has 1 saturated carbocycles. The van der Waals surface area contributed by atoms with Crippen LogP contribution in [0.5, 0.6) is 5.75 Å². The van der Waals surface area contributed by atoms with E-state index in [1.165, 1.54) is 0 Å². The van der Waals surface area contributed by atoms with Crippen molar-refractivity contribution in [3.63, 3.8) is 0 Å². The van der Waals surface area contributed by atoms with Crippen LogP contribution in [0.1, 0.15) is 30.5 Å². The Labute approximate surface area is 236 Å². The Hall–Kier alpha value is -3.15. The first-order valence-electron chi connectivity index (χ1n) is 13.8. The number of halogens is 4. The molecular formula is C30H33F4N4O2P. The fourth-order valence-corrected chi connectivity index (χ4v) is 7.28. The number of aromatic nitrogens is 1. The minimum atomic E-state index is -4.44. The van der Waals surface area contributed by atoms with Gasteiger partial charge in [0, 0.05) is 33.9 Å². The number of alkyl halides is 4. The third-order valence-electron chi connectivity index (χ3n) is 8.21. The molecule has 3 heterocycles. The van der Waals surface area contributed by atoms with Crippen LogP contribution in [0.15, 0.2) is 36.4 Å². The van der Waals surface area contributed by atoms with E-state index in [2.05, 4.69) is 27.8 Å². The van der Waals surface area contributed by atoms with E-state index in [1.54, 1.807) is 37.6 Å². The van der Waals surface area contributed by atoms with Crippen LogP contribution in [0.3, 0.4) is 0 Å². The van der Waals surface area contributed by atoms with Gasteiger partial charge >= 0.3 is 6.18 Å². The van der Waals surface area contributed by atoms with Crippen LogP contribution in [-0.4, -0.2) is 62.5 Å². The highest BCUT2D eigenvalue weighted by molar-refractivity contribution is 7.70. The average Bonchev–Trinajstić information content (AvgIpc) is 3.48. The number of ether oxygens (including phenoxy) is 1. The lowest BCUT2D eigenvalue weighted by molar-refractivity contribution is -0.140. The largest absolute Gasteiger partial charge is 0.490 e. The summed E-state index contributed by atoms with van der Waals surface area (Å²) in [7, 11) is -2.51. The van der Waals surface area contributed by atoms with Crippen molar-refractivity contribution in [3.8, 4) is 17.6 Å². The third kappa shape index (κ3) is 5.54. The first-order chi connectivity index (χ1) is 19.5. The maximum absolute atomic E-state index is 14.5. The summed E-state index contributed by atoms with van der Waals surface area (Å²) in [5.74, 6) is 6.59. The molecule has 1 spiro atoms. The predicted molar refractivity (Wildman–Crippen MR) is 155 cm³/mol. The van der Waals surface area contributed by atoms with Crippen LogP contribution in [0.25, 0.3) is 10.9 Å². The summed E-state index contributed by atoms with van der Waals surface area (Å²) in [6.45, 7) is 3.98. The quantitative estimate of drug-likeness (QED) is 0.203. The number of rotatable bonds is 6. The minimum Gasteiger partial charge on any atom is -0.490 e. The van der Waals surface area contributed by atoms with Gasteiger partial charge in [0.15, 0.2) is 0 Å². The molecule has 1 saturated heterocycles. The molecule has 2 aromatic carbocycles. The number of piperidine rings is 1. The van der Waals surface area contributed by atoms with Crippen LogP contribution in [-0.2, 0) is 16.5 Å². The Morgan fingerprint density at radius 3 is 2.71 bits per heavy atom. The van der Waals surface area contributed by atoms with Crippen LogP contribution in [0.2, 0.25) is 0 Å². The Morgan fingerprint density at radius 2 is 2.00 bits per heavy atom. The molecule has 41 heavy (non-hydrogen) atoms. The van der Waals surface area contributed by atoms with Gasteiger partial charge in [-0.2, -0.15) is 13.2 Å². The standard InChI is InChI=1S/C30H33F4N4O2P/c1-41(2,39)26-9-8-24(28-27(26)29(11-12-29)18-40-28)36-13-4-5-19-15-20-22(37-23-10-14-35-16-21(23)31)6-3-7-25(20)38(19)17-30(32,33)34/h3,6-9,15,21,23,35-37H,10-14,16-18H2,1-2H3/t21-,23+/m0/s1. The van der Waals surface area contributed by atoms with Crippen LogP contribution in [0, 0.1) is 11.8 Å². The monoisotopic (exact) mass is 588 g/mol. The highest BCUT2D eigenvalue weighted by Crippen LogP contribution is 2.59. The Morgan fingerprint density at radius 1 is 1.20 bits per heavy atom. The first kappa shape index (κ1) is 28.0. The second-order valence-electron chi connectivity index (χ2n) is 11.6. The van der Waals surface area contributed by atoms with E-state index in [0.29, 0.717) is 41.9 Å². The molecule has 1 aliphatic carbocycles. The number of anilines is 2. The summed E-state index contributed by atoms with van der Waals surface area (Å²) >= 11 is 0. The highest BCUT2D eigenvalue weighted by atomic mass is 31.2. The van der Waals surface area contributed by atoms with Gasteiger partial charge in [0.2, 0.25) is 0 Å². The van der Waals surface area contributed by atoms with Crippen LogP contribution >= 0.6 is 7.14 Å². The fraction of sp³-hybridized carbons (Fsp3) is 0.467. The zero-order valence-electron chi connectivity index (χ0n) is 23.0. The molecule has 0 radical (unpaired) electrons. The van der Waals surface area contributed by atoms with Gasteiger partial charge in [-0.3, -0.25) is 0 Å². The van der Waals surface area contributed by atoms with E-state index < -0.39 is 32.1 Å². The summed E-state index contributed by atoms with van der Waals surface area (Å²) in [6, 6.07) is 10.0. The number of nitrogens with zero attached hydrogens (tertiary/aromatic N) is 1. The number of hydrogen-bond donors (Lipinski definition) is 3. The molecule has 0 bridgehead atoms. The molecule has 2 atom stereocenters. The number of hydrogen-bond acceptors (Lipinski definition) is 5. The highest BCUT2D eigenvalue weighted by Gasteiger charge is 2.53. The molecule has 6 nitrogen and oxygen atoms in total. The van der Waals surface area contributed by atoms with E-state index in [1.807, 2.05) is 12.1 Å². The van der Waals surface area contributed by atoms with Crippen LogP contribution < -0.4 is 26.0 Å². The topological polar surface area (TPSA) is 67.3 Å². The lowest BCUT2D eigenvalue weighted by Crippen LogP contribution is -2.45. The van der Waals surface area contributed by atoms with E-state index >= 15 is 0 Å². The van der Waals surface area contributed by atoms with Gasteiger partial charge in [0.25, 0.3) is 0 Å². The molecule has 0 amide bonds.